The van der Waals surface area contributed by atoms with Crippen LogP contribution in [0.2, 0.25) is 5.02 Å². The lowest BCUT2D eigenvalue weighted by Gasteiger charge is -2.17. The number of halogens is 1. The van der Waals surface area contributed by atoms with E-state index in [-0.39, 0.29) is 18.0 Å². The first-order chi connectivity index (χ1) is 10.6. The molecule has 3 nitrogen and oxygen atoms in total. The lowest BCUT2D eigenvalue weighted by atomic mass is 10.1. The maximum absolute atomic E-state index is 12.2. The molecule has 0 spiro atoms. The number of hydrogen-bond donors (Lipinski definition) is 2. The van der Waals surface area contributed by atoms with Gasteiger partial charge in [0.15, 0.2) is 6.04 Å². The van der Waals surface area contributed by atoms with E-state index < -0.39 is 0 Å². The quantitative estimate of drug-likeness (QED) is 0.845. The molecule has 2 aromatic carbocycles. The molecular weight excluding hydrogens is 296 g/mol. The highest BCUT2D eigenvalue weighted by molar-refractivity contribution is 6.30. The Labute approximate surface area is 136 Å². The van der Waals surface area contributed by atoms with E-state index in [1.165, 1.54) is 0 Å². The van der Waals surface area contributed by atoms with Crippen molar-refractivity contribution in [2.75, 3.05) is 0 Å². The zero-order valence-corrected chi connectivity index (χ0v) is 13.7. The Kier molecular flexibility index (Phi) is 5.99. The van der Waals surface area contributed by atoms with Gasteiger partial charge >= 0.3 is 0 Å². The van der Waals surface area contributed by atoms with Gasteiger partial charge in [-0.3, -0.25) is 4.79 Å². The molecule has 116 valence electrons. The van der Waals surface area contributed by atoms with Crippen LogP contribution in [0, 0.1) is 0 Å². The van der Waals surface area contributed by atoms with E-state index in [9.17, 15) is 4.79 Å². The van der Waals surface area contributed by atoms with Crippen molar-refractivity contribution in [1.82, 2.24) is 5.32 Å². The predicted octanol–water partition coefficient (Wildman–Crippen LogP) is 2.67. The number of carbonyl (C=O) groups is 1. The molecule has 2 aromatic rings. The number of quaternary nitrogens is 1. The molecule has 0 unspecified atom stereocenters. The fraction of sp³-hybridized carbons (Fsp3) is 0.278. The van der Waals surface area contributed by atoms with Crippen molar-refractivity contribution in [1.29, 1.82) is 0 Å². The van der Waals surface area contributed by atoms with Gasteiger partial charge in [0, 0.05) is 17.1 Å². The fourth-order valence-corrected chi connectivity index (χ4v) is 2.47. The van der Waals surface area contributed by atoms with E-state index in [2.05, 4.69) is 17.6 Å². The third-order valence-electron chi connectivity index (χ3n) is 3.70. The van der Waals surface area contributed by atoms with E-state index in [0.29, 0.717) is 6.54 Å². The lowest BCUT2D eigenvalue weighted by molar-refractivity contribution is -0.710. The molecule has 0 fully saturated rings. The van der Waals surface area contributed by atoms with Crippen LogP contribution in [0.1, 0.15) is 31.0 Å². The van der Waals surface area contributed by atoms with Crippen LogP contribution in [0.4, 0.5) is 0 Å². The number of amides is 1. The largest absolute Gasteiger partial charge is 0.347 e. The molecule has 0 saturated heterocycles. The number of nitrogens with one attached hydrogen (secondary N) is 1. The molecular formula is C18H22ClN2O+. The Morgan fingerprint density at radius 2 is 1.73 bits per heavy atom. The summed E-state index contributed by atoms with van der Waals surface area (Å²) in [6, 6.07) is 17.7. The average molecular weight is 318 g/mol. The van der Waals surface area contributed by atoms with Crippen LogP contribution in [0.25, 0.3) is 0 Å². The van der Waals surface area contributed by atoms with Crippen LogP contribution in [-0.2, 0) is 11.3 Å². The maximum atomic E-state index is 12.2. The van der Waals surface area contributed by atoms with Crippen molar-refractivity contribution in [3.8, 4) is 0 Å². The summed E-state index contributed by atoms with van der Waals surface area (Å²) >= 11 is 5.90. The molecule has 3 N–H and O–H groups in total. The second-order valence-corrected chi connectivity index (χ2v) is 5.96. The van der Waals surface area contributed by atoms with Gasteiger partial charge in [-0.25, -0.2) is 0 Å². The molecule has 0 heterocycles. The van der Waals surface area contributed by atoms with Gasteiger partial charge in [-0.15, -0.1) is 0 Å². The molecule has 0 aromatic heterocycles. The van der Waals surface area contributed by atoms with Crippen molar-refractivity contribution in [3.05, 3.63) is 70.7 Å². The molecule has 0 aliphatic rings. The Morgan fingerprint density at radius 1 is 1.09 bits per heavy atom. The van der Waals surface area contributed by atoms with Gasteiger partial charge < -0.3 is 10.6 Å². The third-order valence-corrected chi connectivity index (χ3v) is 3.95. The Bertz CT molecular complexity index is 598. The average Bonchev–Trinajstić information content (AvgIpc) is 2.54. The third kappa shape index (κ3) is 4.86. The summed E-state index contributed by atoms with van der Waals surface area (Å²) in [7, 11) is 0. The van der Waals surface area contributed by atoms with Crippen LogP contribution in [0.5, 0.6) is 0 Å². The second kappa shape index (κ2) is 7.97. The van der Waals surface area contributed by atoms with Crippen LogP contribution in [0.15, 0.2) is 54.6 Å². The van der Waals surface area contributed by atoms with Gasteiger partial charge in [0.2, 0.25) is 0 Å². The number of carbonyl (C=O) groups excluding carboxylic acids is 1. The smallest absolute Gasteiger partial charge is 0.278 e. The lowest BCUT2D eigenvalue weighted by Crippen LogP contribution is -2.92. The molecule has 1 amide bonds. The molecule has 0 aliphatic carbocycles. The summed E-state index contributed by atoms with van der Waals surface area (Å²) in [5, 5.41) is 5.76. The maximum Gasteiger partial charge on any atom is 0.278 e. The van der Waals surface area contributed by atoms with Crippen LogP contribution in [0.3, 0.4) is 0 Å². The highest BCUT2D eigenvalue weighted by atomic mass is 35.5. The van der Waals surface area contributed by atoms with Gasteiger partial charge in [-0.05, 0) is 31.5 Å². The predicted molar refractivity (Wildman–Crippen MR) is 89.5 cm³/mol. The summed E-state index contributed by atoms with van der Waals surface area (Å²) in [5.41, 5.74) is 2.26. The van der Waals surface area contributed by atoms with Crippen LogP contribution < -0.4 is 10.6 Å². The Hall–Kier alpha value is -1.84. The molecule has 0 bridgehead atoms. The molecule has 0 aliphatic heterocycles. The van der Waals surface area contributed by atoms with Crippen molar-refractivity contribution >= 4 is 17.5 Å². The summed E-state index contributed by atoms with van der Waals surface area (Å²) in [5.74, 6) is 0.0460. The number of hydrogen-bond acceptors (Lipinski definition) is 1. The molecule has 0 radical (unpaired) electrons. The summed E-state index contributed by atoms with van der Waals surface area (Å²) in [4.78, 5) is 12.2. The van der Waals surface area contributed by atoms with E-state index in [4.69, 9.17) is 11.6 Å². The van der Waals surface area contributed by atoms with E-state index in [1.54, 1.807) is 0 Å². The standard InChI is InChI=1S/C18H21ClN2O/c1-13(16-8-10-17(19)11-9-16)21-14(2)18(22)20-12-15-6-4-3-5-7-15/h3-11,13-14,21H,12H2,1-2H3,(H,20,22)/p+1/t13-,14-/m1/s1. The Morgan fingerprint density at radius 3 is 2.36 bits per heavy atom. The number of nitrogens with two attached hydrogens (primary N) is 1. The van der Waals surface area contributed by atoms with Gasteiger partial charge in [0.1, 0.15) is 6.04 Å². The zero-order valence-electron chi connectivity index (χ0n) is 12.9. The summed E-state index contributed by atoms with van der Waals surface area (Å²) in [6.07, 6.45) is 0. The first-order valence-electron chi connectivity index (χ1n) is 7.48. The minimum atomic E-state index is -0.144. The first kappa shape index (κ1) is 16.5. The van der Waals surface area contributed by atoms with Gasteiger partial charge in [-0.1, -0.05) is 54.1 Å². The van der Waals surface area contributed by atoms with Crippen molar-refractivity contribution in [2.24, 2.45) is 0 Å². The fourth-order valence-electron chi connectivity index (χ4n) is 2.34. The minimum Gasteiger partial charge on any atom is -0.347 e. The van der Waals surface area contributed by atoms with E-state index in [0.717, 1.165) is 16.1 Å². The van der Waals surface area contributed by atoms with Crippen molar-refractivity contribution < 1.29 is 10.1 Å². The van der Waals surface area contributed by atoms with Crippen LogP contribution in [-0.4, -0.2) is 11.9 Å². The highest BCUT2D eigenvalue weighted by Crippen LogP contribution is 2.13. The second-order valence-electron chi connectivity index (χ2n) is 5.52. The van der Waals surface area contributed by atoms with E-state index >= 15 is 0 Å². The normalized spacial score (nSPS) is 13.4. The van der Waals surface area contributed by atoms with E-state index in [1.807, 2.05) is 61.5 Å². The summed E-state index contributed by atoms with van der Waals surface area (Å²) < 4.78 is 0. The molecule has 2 rings (SSSR count). The van der Waals surface area contributed by atoms with Gasteiger partial charge in [0.05, 0.1) is 0 Å². The molecule has 0 saturated carbocycles. The van der Waals surface area contributed by atoms with Crippen molar-refractivity contribution in [2.45, 2.75) is 32.5 Å². The van der Waals surface area contributed by atoms with Gasteiger partial charge in [-0.2, -0.15) is 0 Å². The van der Waals surface area contributed by atoms with Gasteiger partial charge in [0.25, 0.3) is 5.91 Å². The topological polar surface area (TPSA) is 45.7 Å². The number of rotatable bonds is 6. The van der Waals surface area contributed by atoms with Crippen LogP contribution >= 0.6 is 11.6 Å². The molecule has 4 heteroatoms. The summed E-state index contributed by atoms with van der Waals surface area (Å²) in [6.45, 7) is 4.57. The number of benzene rings is 2. The highest BCUT2D eigenvalue weighted by Gasteiger charge is 2.19. The molecule has 22 heavy (non-hydrogen) atoms. The Balaban J connectivity index is 1.84. The monoisotopic (exact) mass is 317 g/mol. The SMILES string of the molecule is C[C@@H]([NH2+][C@H](C)c1ccc(Cl)cc1)C(=O)NCc1ccccc1. The molecule has 2 atom stereocenters. The van der Waals surface area contributed by atoms with Crippen molar-refractivity contribution in [3.63, 3.8) is 0 Å². The zero-order chi connectivity index (χ0) is 15.9. The minimum absolute atomic E-state index is 0.0460. The first-order valence-corrected chi connectivity index (χ1v) is 7.86.